The molecule has 0 aromatic rings. The molecule has 8 heterocycles. The molecule has 384 valence electrons. The minimum atomic E-state index is -3.29. The molecule has 0 saturated carbocycles. The van der Waals surface area contributed by atoms with Crippen LogP contribution in [0.25, 0.3) is 0 Å². The number of rotatable bonds is 4. The van der Waals surface area contributed by atoms with Crippen molar-refractivity contribution in [1.82, 2.24) is 0 Å². The van der Waals surface area contributed by atoms with E-state index < -0.39 is 32.0 Å². The molecule has 8 aliphatic rings. The number of hydrogen-bond donors (Lipinski definition) is 0. The molecule has 4 fully saturated rings. The fourth-order valence-corrected chi connectivity index (χ4v) is 29.0. The van der Waals surface area contributed by atoms with Gasteiger partial charge in [0.15, 0.2) is 0 Å². The van der Waals surface area contributed by atoms with Crippen LogP contribution < -0.4 is 0 Å². The molecule has 0 N–H and O–H groups in total. The van der Waals surface area contributed by atoms with Crippen LogP contribution in [0.5, 0.6) is 0 Å². The summed E-state index contributed by atoms with van der Waals surface area (Å²) in [5, 5.41) is 0. The summed E-state index contributed by atoms with van der Waals surface area (Å²) in [6, 6.07) is -0.879. The van der Waals surface area contributed by atoms with Gasteiger partial charge in [-0.3, -0.25) is 0 Å². The summed E-state index contributed by atoms with van der Waals surface area (Å²) in [6.07, 6.45) is 7.89. The van der Waals surface area contributed by atoms with Gasteiger partial charge in [0.2, 0.25) is 0 Å². The molecule has 0 spiro atoms. The molecule has 0 amide bonds. The van der Waals surface area contributed by atoms with Gasteiger partial charge >= 0.3 is 409 Å². The Labute approximate surface area is 407 Å². The molecular weight excluding hydrogens is 937 g/mol. The Morgan fingerprint density at radius 3 is 0.603 bits per heavy atom. The molecule has 0 bridgehead atoms. The molecule has 8 aliphatic heterocycles. The number of allylic oxidation sites excluding steroid dienone is 8. The predicted octanol–water partition coefficient (Wildman–Crippen LogP) is 8.51. The molecule has 0 radical (unpaired) electrons. The van der Waals surface area contributed by atoms with Crippen LogP contribution in [0.4, 0.5) is 0 Å². The topological polar surface area (TPSA) is 154 Å². The van der Waals surface area contributed by atoms with Crippen LogP contribution >= 0.6 is 0 Å². The van der Waals surface area contributed by atoms with Crippen molar-refractivity contribution in [2.45, 2.75) is 187 Å². The monoisotopic (exact) mass is 1020 g/mol. The van der Waals surface area contributed by atoms with Gasteiger partial charge in [0, 0.05) is 0 Å². The molecule has 16 nitrogen and oxygen atoms in total. The summed E-state index contributed by atoms with van der Waals surface area (Å²) >= 11 is 0. The van der Waals surface area contributed by atoms with Gasteiger partial charge in [-0.15, -0.1) is 0 Å². The van der Waals surface area contributed by atoms with E-state index in [0.29, 0.717) is 0 Å². The van der Waals surface area contributed by atoms with Crippen LogP contribution in [0.3, 0.4) is 0 Å². The maximum absolute atomic E-state index is 12.1. The van der Waals surface area contributed by atoms with Crippen molar-refractivity contribution in [3.8, 4) is 0 Å². The number of hydrogen-bond acceptors (Lipinski definition) is 12. The normalized spacial score (nSPS) is 32.2. The number of carbonyl (C=O) groups excluding carboxylic acids is 4. The van der Waals surface area contributed by atoms with Gasteiger partial charge in [-0.2, -0.15) is 0 Å². The van der Waals surface area contributed by atoms with Gasteiger partial charge in [-0.1, -0.05) is 0 Å². The third-order valence-corrected chi connectivity index (χ3v) is 28.6. The van der Waals surface area contributed by atoms with Crippen molar-refractivity contribution >= 4 is 78.7 Å². The van der Waals surface area contributed by atoms with Crippen LogP contribution in [-0.2, 0) is 54.6 Å². The maximum atomic E-state index is 12.1. The molecular formula is C48H84N4O12Si4. The predicted molar refractivity (Wildman–Crippen MR) is 272 cm³/mol. The average Bonchev–Trinajstić information content (AvgIpc) is 3.68. The summed E-state index contributed by atoms with van der Waals surface area (Å²) in [6.45, 7) is 47.7. The SMILES string of the molecule is CC1=CC(C)=[N+]2[C@@H](C(C)C)C(=O)O[Si-]2(C)(C)O1.CC1=CC(C)=[N+]2[C@@H](C(C)C)C(=O)O[Si-]2(C)(C)O1.CC1=CC(C)=[N+]2[C@@H](C(C)C)C(=O)O[Si-]2(C)(C)O1.CC1=CC(C)=[N+]2[C@@H](C(C)C)C(=O)O[Si-]2(C)(C)O1. The second kappa shape index (κ2) is 16.6. The second-order valence-electron chi connectivity index (χ2n) is 24.0. The van der Waals surface area contributed by atoms with Crippen LogP contribution in [0.2, 0.25) is 52.4 Å². The summed E-state index contributed by atoms with van der Waals surface area (Å²) in [7, 11) is -13.2. The summed E-state index contributed by atoms with van der Waals surface area (Å²) in [4.78, 5) is 48.4. The molecule has 4 atom stereocenters. The average molecular weight is 1020 g/mol. The van der Waals surface area contributed by atoms with Crippen LogP contribution in [0.1, 0.15) is 111 Å². The van der Waals surface area contributed by atoms with Crippen LogP contribution in [-0.4, -0.2) is 120 Å². The van der Waals surface area contributed by atoms with Crippen molar-refractivity contribution in [3.05, 3.63) is 47.3 Å². The quantitative estimate of drug-likeness (QED) is 0.248. The zero-order valence-electron chi connectivity index (χ0n) is 45.6. The first-order valence-electron chi connectivity index (χ1n) is 24.3. The Morgan fingerprint density at radius 2 is 0.471 bits per heavy atom. The third-order valence-electron chi connectivity index (χ3n) is 13.9. The summed E-state index contributed by atoms with van der Waals surface area (Å²) in [5.41, 5.74) is 4.27. The van der Waals surface area contributed by atoms with E-state index in [-0.39, 0.29) is 71.7 Å². The molecule has 4 saturated heterocycles. The van der Waals surface area contributed by atoms with E-state index in [1.165, 1.54) is 0 Å². The van der Waals surface area contributed by atoms with E-state index in [4.69, 9.17) is 35.4 Å². The fourth-order valence-electron chi connectivity index (χ4n) is 12.4. The van der Waals surface area contributed by atoms with Crippen molar-refractivity contribution in [3.63, 3.8) is 0 Å². The van der Waals surface area contributed by atoms with E-state index in [0.717, 1.165) is 45.9 Å². The Balaban J connectivity index is 0.000000169. The first-order valence-corrected chi connectivity index (χ1v) is 37.4. The Bertz CT molecular complexity index is 2190. The molecule has 0 aromatic carbocycles. The first-order chi connectivity index (χ1) is 30.6. The zero-order valence-corrected chi connectivity index (χ0v) is 49.6. The number of carbonyl (C=O) groups is 4. The van der Waals surface area contributed by atoms with E-state index >= 15 is 0 Å². The molecule has 68 heavy (non-hydrogen) atoms. The minimum absolute atomic E-state index is 0.152. The molecule has 0 unspecified atom stereocenters. The van der Waals surface area contributed by atoms with E-state index in [1.54, 1.807) is 0 Å². The Kier molecular flexibility index (Phi) is 13.3. The molecule has 8 rings (SSSR count). The van der Waals surface area contributed by atoms with E-state index in [9.17, 15) is 19.2 Å². The van der Waals surface area contributed by atoms with Gasteiger partial charge in [0.05, 0.1) is 0 Å². The van der Waals surface area contributed by atoms with Crippen LogP contribution in [0.15, 0.2) is 47.3 Å². The Morgan fingerprint density at radius 1 is 0.324 bits per heavy atom. The van der Waals surface area contributed by atoms with Crippen molar-refractivity contribution in [2.75, 3.05) is 0 Å². The standard InChI is InChI=1S/4C12H21NO3Si/c4*1-8(2)11-12(14)16-17(5,6)13(11)9(3)7-10(4)15-17/h4*7-8,11H,1-6H3/t4*11-/m0000/s1. The van der Waals surface area contributed by atoms with E-state index in [1.807, 2.05) is 187 Å². The van der Waals surface area contributed by atoms with Crippen molar-refractivity contribution in [1.29, 1.82) is 0 Å². The second-order valence-corrected chi connectivity index (χ2v) is 43.8. The van der Waals surface area contributed by atoms with Gasteiger partial charge < -0.3 is 0 Å². The summed E-state index contributed by atoms with van der Waals surface area (Å²) < 4.78 is 55.2. The molecule has 0 aliphatic carbocycles. The molecule has 20 heteroatoms. The first kappa shape index (κ1) is 54.5. The van der Waals surface area contributed by atoms with Gasteiger partial charge in [-0.05, 0) is 0 Å². The van der Waals surface area contributed by atoms with E-state index in [2.05, 4.69) is 17.0 Å². The Hall–Kier alpha value is -4.41. The summed E-state index contributed by atoms with van der Waals surface area (Å²) in [5.74, 6) is 3.55. The third kappa shape index (κ3) is 9.34. The van der Waals surface area contributed by atoms with Crippen molar-refractivity contribution in [2.24, 2.45) is 23.7 Å². The zero-order chi connectivity index (χ0) is 52.1. The van der Waals surface area contributed by atoms with Crippen LogP contribution in [0, 0.1) is 23.7 Å². The molecule has 0 aromatic heterocycles. The number of fused-ring (bicyclic) bond motifs is 4. The van der Waals surface area contributed by atoms with Gasteiger partial charge in [0.1, 0.15) is 0 Å². The van der Waals surface area contributed by atoms with Gasteiger partial charge in [-0.25, -0.2) is 0 Å². The fraction of sp³-hybridized carbons (Fsp3) is 0.667. The van der Waals surface area contributed by atoms with Crippen molar-refractivity contribution < 1.29 is 71.6 Å². The number of nitrogens with zero attached hydrogens (tertiary/aromatic N) is 4. The van der Waals surface area contributed by atoms with Gasteiger partial charge in [0.25, 0.3) is 0 Å².